The van der Waals surface area contributed by atoms with Gasteiger partial charge in [0, 0.05) is 16.6 Å². The van der Waals surface area contributed by atoms with Gasteiger partial charge in [-0.1, -0.05) is 17.7 Å². The molecule has 0 heterocycles. The van der Waals surface area contributed by atoms with Gasteiger partial charge >= 0.3 is 0 Å². The van der Waals surface area contributed by atoms with Gasteiger partial charge in [0.25, 0.3) is 0 Å². The Labute approximate surface area is 92.5 Å². The van der Waals surface area contributed by atoms with E-state index >= 15 is 0 Å². The second kappa shape index (κ2) is 5.24. The lowest BCUT2D eigenvalue weighted by Gasteiger charge is -2.13. The lowest BCUT2D eigenvalue weighted by Crippen LogP contribution is -2.14. The molecule has 0 unspecified atom stereocenters. The standard InChI is InChI=1S/C11H12ClF2N/c1-2-3-4-10(15)11-8(13)5-7(12)6-9(11)14/h2,5-6,10H,1,3-4,15H2/t10-/m0/s1. The second-order valence-electron chi connectivity index (χ2n) is 3.26. The highest BCUT2D eigenvalue weighted by Gasteiger charge is 2.16. The van der Waals surface area contributed by atoms with Gasteiger partial charge in [-0.15, -0.1) is 6.58 Å². The molecule has 1 rings (SSSR count). The minimum Gasteiger partial charge on any atom is -0.324 e. The molecule has 0 spiro atoms. The average Bonchev–Trinajstić information content (AvgIpc) is 2.12. The smallest absolute Gasteiger partial charge is 0.132 e. The van der Waals surface area contributed by atoms with E-state index in [2.05, 4.69) is 6.58 Å². The van der Waals surface area contributed by atoms with Crippen LogP contribution in [-0.4, -0.2) is 0 Å². The van der Waals surface area contributed by atoms with E-state index in [1.54, 1.807) is 6.08 Å². The highest BCUT2D eigenvalue weighted by atomic mass is 35.5. The molecule has 4 heteroatoms. The second-order valence-corrected chi connectivity index (χ2v) is 3.69. The van der Waals surface area contributed by atoms with Crippen molar-refractivity contribution in [2.45, 2.75) is 18.9 Å². The van der Waals surface area contributed by atoms with Crippen molar-refractivity contribution in [3.05, 3.63) is 47.0 Å². The SMILES string of the molecule is C=CCC[C@H](N)c1c(F)cc(Cl)cc1F. The number of benzene rings is 1. The van der Waals surface area contributed by atoms with Crippen LogP contribution >= 0.6 is 11.6 Å². The highest BCUT2D eigenvalue weighted by Crippen LogP contribution is 2.25. The molecular weight excluding hydrogens is 220 g/mol. The Morgan fingerprint density at radius 2 is 1.93 bits per heavy atom. The first-order valence-corrected chi connectivity index (χ1v) is 4.95. The molecule has 0 fully saturated rings. The van der Waals surface area contributed by atoms with Crippen molar-refractivity contribution in [1.82, 2.24) is 0 Å². The Bertz CT molecular complexity index is 343. The molecule has 0 saturated heterocycles. The van der Waals surface area contributed by atoms with Crippen LogP contribution in [0.15, 0.2) is 24.8 Å². The molecule has 0 aromatic heterocycles. The van der Waals surface area contributed by atoms with Gasteiger partial charge in [0.2, 0.25) is 0 Å². The maximum atomic E-state index is 13.4. The van der Waals surface area contributed by atoms with Crippen LogP contribution in [0.2, 0.25) is 5.02 Å². The quantitative estimate of drug-likeness (QED) is 0.788. The maximum absolute atomic E-state index is 13.4. The van der Waals surface area contributed by atoms with E-state index in [1.807, 2.05) is 0 Å². The van der Waals surface area contributed by atoms with Crippen molar-refractivity contribution >= 4 is 11.6 Å². The lowest BCUT2D eigenvalue weighted by atomic mass is 10.0. The first-order valence-electron chi connectivity index (χ1n) is 4.57. The Morgan fingerprint density at radius 3 is 2.40 bits per heavy atom. The largest absolute Gasteiger partial charge is 0.324 e. The minimum atomic E-state index is -0.698. The summed E-state index contributed by atoms with van der Waals surface area (Å²) in [7, 11) is 0. The Morgan fingerprint density at radius 1 is 1.40 bits per heavy atom. The van der Waals surface area contributed by atoms with Gasteiger partial charge in [0.15, 0.2) is 0 Å². The van der Waals surface area contributed by atoms with Gasteiger partial charge in [-0.25, -0.2) is 8.78 Å². The Balaban J connectivity index is 2.97. The summed E-state index contributed by atoms with van der Waals surface area (Å²) in [6.07, 6.45) is 2.73. The highest BCUT2D eigenvalue weighted by molar-refractivity contribution is 6.30. The molecule has 0 amide bonds. The Hall–Kier alpha value is -0.930. The summed E-state index contributed by atoms with van der Waals surface area (Å²) in [5.41, 5.74) is 5.55. The van der Waals surface area contributed by atoms with Gasteiger partial charge < -0.3 is 5.73 Å². The zero-order chi connectivity index (χ0) is 11.4. The normalized spacial score (nSPS) is 12.5. The summed E-state index contributed by atoms with van der Waals surface area (Å²) in [5.74, 6) is -1.40. The third kappa shape index (κ3) is 3.01. The molecule has 0 radical (unpaired) electrons. The van der Waals surface area contributed by atoms with Crippen LogP contribution in [0.3, 0.4) is 0 Å². The molecule has 1 aromatic carbocycles. The van der Waals surface area contributed by atoms with Crippen molar-refractivity contribution in [3.8, 4) is 0 Å². The Kier molecular flexibility index (Phi) is 4.24. The molecule has 0 saturated carbocycles. The fourth-order valence-electron chi connectivity index (χ4n) is 1.35. The van der Waals surface area contributed by atoms with Gasteiger partial charge in [-0.05, 0) is 25.0 Å². The van der Waals surface area contributed by atoms with E-state index in [4.69, 9.17) is 17.3 Å². The molecular formula is C11H12ClF2N. The third-order valence-electron chi connectivity index (χ3n) is 2.10. The first kappa shape index (κ1) is 12.1. The van der Waals surface area contributed by atoms with Crippen molar-refractivity contribution < 1.29 is 8.78 Å². The van der Waals surface area contributed by atoms with E-state index in [-0.39, 0.29) is 10.6 Å². The lowest BCUT2D eigenvalue weighted by molar-refractivity contribution is 0.514. The van der Waals surface area contributed by atoms with Gasteiger partial charge in [0.05, 0.1) is 0 Å². The zero-order valence-electron chi connectivity index (χ0n) is 8.14. The van der Waals surface area contributed by atoms with E-state index in [9.17, 15) is 8.78 Å². The van der Waals surface area contributed by atoms with E-state index < -0.39 is 17.7 Å². The van der Waals surface area contributed by atoms with Crippen molar-refractivity contribution in [1.29, 1.82) is 0 Å². The molecule has 1 atom stereocenters. The molecule has 1 aromatic rings. The maximum Gasteiger partial charge on any atom is 0.132 e. The number of allylic oxidation sites excluding steroid dienone is 1. The fraction of sp³-hybridized carbons (Fsp3) is 0.273. The van der Waals surface area contributed by atoms with Gasteiger partial charge in [-0.2, -0.15) is 0 Å². The van der Waals surface area contributed by atoms with Crippen LogP contribution in [0.25, 0.3) is 0 Å². The van der Waals surface area contributed by atoms with E-state index in [1.165, 1.54) is 0 Å². The summed E-state index contributed by atoms with van der Waals surface area (Å²) in [6, 6.07) is 1.46. The monoisotopic (exact) mass is 231 g/mol. The zero-order valence-corrected chi connectivity index (χ0v) is 8.90. The average molecular weight is 232 g/mol. The van der Waals surface area contributed by atoms with Crippen LogP contribution in [0, 0.1) is 11.6 Å². The molecule has 2 N–H and O–H groups in total. The molecule has 15 heavy (non-hydrogen) atoms. The van der Waals surface area contributed by atoms with Crippen LogP contribution in [0.5, 0.6) is 0 Å². The number of hydrogen-bond donors (Lipinski definition) is 1. The summed E-state index contributed by atoms with van der Waals surface area (Å²) >= 11 is 5.49. The molecule has 0 aliphatic carbocycles. The van der Waals surface area contributed by atoms with Crippen molar-refractivity contribution in [2.24, 2.45) is 5.73 Å². The predicted octanol–water partition coefficient (Wildman–Crippen LogP) is 3.58. The van der Waals surface area contributed by atoms with Gasteiger partial charge in [0.1, 0.15) is 11.6 Å². The number of hydrogen-bond acceptors (Lipinski definition) is 1. The van der Waals surface area contributed by atoms with Crippen LogP contribution < -0.4 is 5.73 Å². The predicted molar refractivity (Wildman–Crippen MR) is 57.7 cm³/mol. The van der Waals surface area contributed by atoms with Crippen LogP contribution in [0.1, 0.15) is 24.4 Å². The van der Waals surface area contributed by atoms with Crippen LogP contribution in [-0.2, 0) is 0 Å². The van der Waals surface area contributed by atoms with Crippen molar-refractivity contribution in [2.75, 3.05) is 0 Å². The van der Waals surface area contributed by atoms with E-state index in [0.717, 1.165) is 12.1 Å². The van der Waals surface area contributed by atoms with E-state index in [0.29, 0.717) is 12.8 Å². The topological polar surface area (TPSA) is 26.0 Å². The summed E-state index contributed by atoms with van der Waals surface area (Å²) in [6.45, 7) is 3.52. The number of halogens is 3. The summed E-state index contributed by atoms with van der Waals surface area (Å²) in [5, 5.41) is 0.0321. The minimum absolute atomic E-state index is 0.0321. The molecule has 82 valence electrons. The summed E-state index contributed by atoms with van der Waals surface area (Å²) < 4.78 is 26.7. The van der Waals surface area contributed by atoms with Crippen molar-refractivity contribution in [3.63, 3.8) is 0 Å². The first-order chi connectivity index (χ1) is 7.06. The molecule has 0 aliphatic rings. The molecule has 1 nitrogen and oxygen atoms in total. The fourth-order valence-corrected chi connectivity index (χ4v) is 1.54. The molecule has 0 bridgehead atoms. The third-order valence-corrected chi connectivity index (χ3v) is 2.31. The summed E-state index contributed by atoms with van der Waals surface area (Å²) in [4.78, 5) is 0. The van der Waals surface area contributed by atoms with Crippen LogP contribution in [0.4, 0.5) is 8.78 Å². The number of rotatable bonds is 4. The van der Waals surface area contributed by atoms with Gasteiger partial charge in [-0.3, -0.25) is 0 Å². The number of nitrogens with two attached hydrogens (primary N) is 1. The molecule has 0 aliphatic heterocycles.